The van der Waals surface area contributed by atoms with E-state index in [-0.39, 0.29) is 12.0 Å². The first kappa shape index (κ1) is 11.5. The van der Waals surface area contributed by atoms with Crippen LogP contribution in [0.2, 0.25) is 0 Å². The van der Waals surface area contributed by atoms with Crippen molar-refractivity contribution in [3.63, 3.8) is 0 Å². The molecule has 0 saturated carbocycles. The number of aromatic nitrogens is 2. The van der Waals surface area contributed by atoms with Gasteiger partial charge in [0.2, 0.25) is 0 Å². The van der Waals surface area contributed by atoms with Crippen LogP contribution in [0.25, 0.3) is 0 Å². The first-order valence-electron chi connectivity index (χ1n) is 4.86. The number of hydrogen-bond acceptors (Lipinski definition) is 4. The lowest BCUT2D eigenvalue weighted by Crippen LogP contribution is -2.25. The Hall–Kier alpha value is -1.56. The number of H-pyrrole nitrogens is 1. The van der Waals surface area contributed by atoms with Crippen LogP contribution in [0.5, 0.6) is 0 Å². The Kier molecular flexibility index (Phi) is 4.11. The number of nitrogens with one attached hydrogen (secondary N) is 2. The largest absolute Gasteiger partial charge is 0.393 e. The molecule has 1 rings (SSSR count). The lowest BCUT2D eigenvalue weighted by atomic mass is 10.2. The summed E-state index contributed by atoms with van der Waals surface area (Å²) in [4.78, 5) is 11.4. The summed E-state index contributed by atoms with van der Waals surface area (Å²) in [5, 5.41) is 17.8. The number of amides is 1. The summed E-state index contributed by atoms with van der Waals surface area (Å²) >= 11 is 0. The van der Waals surface area contributed by atoms with Crippen LogP contribution in [0.3, 0.4) is 0 Å². The minimum Gasteiger partial charge on any atom is -0.393 e. The third-order valence-electron chi connectivity index (χ3n) is 1.93. The minimum absolute atomic E-state index is 0.232. The molecular weight excluding hydrogens is 196 g/mol. The Labute approximate surface area is 87.9 Å². The molecule has 0 radical (unpaired) electrons. The number of aliphatic hydroxyl groups excluding tert-OH is 1. The highest BCUT2D eigenvalue weighted by atomic mass is 16.3. The molecule has 6 heteroatoms. The standard InChI is InChI=1S/C9H16N4O2/c1-6(14)3-2-4-11-9(15)7-5-8(10)13-12-7/h5-6,14H,2-4H2,1H3,(H,11,15)(H3,10,12,13). The zero-order chi connectivity index (χ0) is 11.3. The van der Waals surface area contributed by atoms with Gasteiger partial charge in [-0.25, -0.2) is 0 Å². The number of nitrogens with two attached hydrogens (primary N) is 1. The van der Waals surface area contributed by atoms with Gasteiger partial charge in [0.25, 0.3) is 5.91 Å². The molecule has 1 unspecified atom stereocenters. The van der Waals surface area contributed by atoms with E-state index in [0.29, 0.717) is 24.5 Å². The summed E-state index contributed by atoms with van der Waals surface area (Å²) in [6, 6.07) is 1.48. The fourth-order valence-corrected chi connectivity index (χ4v) is 1.15. The average Bonchev–Trinajstić information content (AvgIpc) is 2.59. The number of hydrogen-bond donors (Lipinski definition) is 4. The topological polar surface area (TPSA) is 104 Å². The van der Waals surface area contributed by atoms with Crippen LogP contribution in [0, 0.1) is 0 Å². The van der Waals surface area contributed by atoms with Crippen molar-refractivity contribution in [1.29, 1.82) is 0 Å². The van der Waals surface area contributed by atoms with Crippen LogP contribution in [-0.4, -0.2) is 33.9 Å². The van der Waals surface area contributed by atoms with Crippen molar-refractivity contribution in [3.8, 4) is 0 Å². The van der Waals surface area contributed by atoms with Crippen LogP contribution >= 0.6 is 0 Å². The second-order valence-corrected chi connectivity index (χ2v) is 3.45. The Morgan fingerprint density at radius 2 is 2.53 bits per heavy atom. The zero-order valence-corrected chi connectivity index (χ0v) is 8.66. The number of carbonyl (C=O) groups excluding carboxylic acids is 1. The summed E-state index contributed by atoms with van der Waals surface area (Å²) in [6.07, 6.45) is 1.09. The first-order chi connectivity index (χ1) is 7.09. The van der Waals surface area contributed by atoms with Gasteiger partial charge in [0.1, 0.15) is 11.5 Å². The molecule has 1 amide bonds. The molecule has 1 aromatic rings. The Balaban J connectivity index is 2.25. The van der Waals surface area contributed by atoms with Crippen molar-refractivity contribution in [2.75, 3.05) is 12.3 Å². The van der Waals surface area contributed by atoms with Gasteiger partial charge < -0.3 is 16.2 Å². The summed E-state index contributed by atoms with van der Waals surface area (Å²) in [6.45, 7) is 2.25. The quantitative estimate of drug-likeness (QED) is 0.511. The van der Waals surface area contributed by atoms with Crippen LogP contribution in [0.4, 0.5) is 5.82 Å². The molecule has 0 bridgehead atoms. The lowest BCUT2D eigenvalue weighted by molar-refractivity contribution is 0.0944. The van der Waals surface area contributed by atoms with Crippen LogP contribution < -0.4 is 11.1 Å². The lowest BCUT2D eigenvalue weighted by Gasteiger charge is -2.04. The van der Waals surface area contributed by atoms with Gasteiger partial charge in [-0.15, -0.1) is 0 Å². The van der Waals surface area contributed by atoms with E-state index in [2.05, 4.69) is 15.5 Å². The van der Waals surface area contributed by atoms with Crippen molar-refractivity contribution in [2.24, 2.45) is 0 Å². The van der Waals surface area contributed by atoms with Crippen molar-refractivity contribution in [3.05, 3.63) is 11.8 Å². The van der Waals surface area contributed by atoms with E-state index in [4.69, 9.17) is 10.8 Å². The number of aromatic amines is 1. The highest BCUT2D eigenvalue weighted by Gasteiger charge is 2.07. The Morgan fingerprint density at radius 3 is 3.07 bits per heavy atom. The molecule has 15 heavy (non-hydrogen) atoms. The van der Waals surface area contributed by atoms with E-state index in [1.165, 1.54) is 6.07 Å². The summed E-state index contributed by atoms with van der Waals surface area (Å²) in [5.74, 6) is 0.0638. The first-order valence-corrected chi connectivity index (χ1v) is 4.86. The van der Waals surface area contributed by atoms with Crippen LogP contribution in [-0.2, 0) is 0 Å². The van der Waals surface area contributed by atoms with Gasteiger partial charge in [0, 0.05) is 12.6 Å². The van der Waals surface area contributed by atoms with Crippen LogP contribution in [0.1, 0.15) is 30.3 Å². The number of aliphatic hydroxyl groups is 1. The maximum atomic E-state index is 11.4. The molecule has 1 aromatic heterocycles. The second kappa shape index (κ2) is 5.35. The molecular formula is C9H16N4O2. The predicted octanol–water partition coefficient (Wildman–Crippen LogP) is -0.117. The minimum atomic E-state index is -0.329. The van der Waals surface area contributed by atoms with Gasteiger partial charge in [0.05, 0.1) is 6.10 Å². The van der Waals surface area contributed by atoms with Gasteiger partial charge >= 0.3 is 0 Å². The second-order valence-electron chi connectivity index (χ2n) is 3.45. The molecule has 0 fully saturated rings. The van der Waals surface area contributed by atoms with Crippen molar-refractivity contribution in [1.82, 2.24) is 15.5 Å². The molecule has 84 valence electrons. The Bertz CT molecular complexity index is 322. The maximum Gasteiger partial charge on any atom is 0.269 e. The predicted molar refractivity (Wildman–Crippen MR) is 56.2 cm³/mol. The molecule has 6 nitrogen and oxygen atoms in total. The van der Waals surface area contributed by atoms with Gasteiger partial charge in [0.15, 0.2) is 0 Å². The van der Waals surface area contributed by atoms with Gasteiger partial charge in [-0.1, -0.05) is 0 Å². The monoisotopic (exact) mass is 212 g/mol. The van der Waals surface area contributed by atoms with Gasteiger partial charge in [-0.3, -0.25) is 9.89 Å². The molecule has 0 aromatic carbocycles. The molecule has 0 saturated heterocycles. The summed E-state index contributed by atoms with van der Waals surface area (Å²) < 4.78 is 0. The number of carbonyl (C=O) groups is 1. The van der Waals surface area contributed by atoms with E-state index in [1.54, 1.807) is 6.92 Å². The highest BCUT2D eigenvalue weighted by molar-refractivity contribution is 5.92. The smallest absolute Gasteiger partial charge is 0.269 e. The summed E-state index contributed by atoms with van der Waals surface area (Å²) in [5.41, 5.74) is 5.71. The van der Waals surface area contributed by atoms with E-state index >= 15 is 0 Å². The zero-order valence-electron chi connectivity index (χ0n) is 8.66. The average molecular weight is 212 g/mol. The third-order valence-corrected chi connectivity index (χ3v) is 1.93. The van der Waals surface area contributed by atoms with Crippen molar-refractivity contribution < 1.29 is 9.90 Å². The number of anilines is 1. The highest BCUT2D eigenvalue weighted by Crippen LogP contribution is 2.00. The fraction of sp³-hybridized carbons (Fsp3) is 0.556. The van der Waals surface area contributed by atoms with Gasteiger partial charge in [-0.05, 0) is 19.8 Å². The molecule has 0 aliphatic carbocycles. The fourth-order valence-electron chi connectivity index (χ4n) is 1.15. The van der Waals surface area contributed by atoms with Crippen molar-refractivity contribution >= 4 is 11.7 Å². The molecule has 1 atom stereocenters. The van der Waals surface area contributed by atoms with E-state index in [0.717, 1.165) is 6.42 Å². The molecule has 0 aliphatic heterocycles. The molecule has 5 N–H and O–H groups in total. The van der Waals surface area contributed by atoms with Crippen LogP contribution in [0.15, 0.2) is 6.07 Å². The maximum absolute atomic E-state index is 11.4. The number of nitrogens with zero attached hydrogens (tertiary/aromatic N) is 1. The van der Waals surface area contributed by atoms with E-state index in [1.807, 2.05) is 0 Å². The molecule has 0 aliphatic rings. The third kappa shape index (κ3) is 3.99. The van der Waals surface area contributed by atoms with Gasteiger partial charge in [-0.2, -0.15) is 5.10 Å². The summed E-state index contributed by atoms with van der Waals surface area (Å²) in [7, 11) is 0. The van der Waals surface area contributed by atoms with E-state index in [9.17, 15) is 4.79 Å². The van der Waals surface area contributed by atoms with Crippen molar-refractivity contribution in [2.45, 2.75) is 25.9 Å². The SMILES string of the molecule is CC(O)CCCNC(=O)c1cc(N)n[nH]1. The number of rotatable bonds is 5. The number of nitrogen functional groups attached to an aromatic ring is 1. The van der Waals surface area contributed by atoms with E-state index < -0.39 is 0 Å². The normalized spacial score (nSPS) is 12.4. The molecule has 0 spiro atoms. The Morgan fingerprint density at radius 1 is 1.80 bits per heavy atom. The molecule has 1 heterocycles.